The molecular formula is C15H27NO. The first-order chi connectivity index (χ1) is 8.20. The van der Waals surface area contributed by atoms with Crippen molar-refractivity contribution in [3.63, 3.8) is 0 Å². The summed E-state index contributed by atoms with van der Waals surface area (Å²) in [6, 6.07) is 0.773. The van der Waals surface area contributed by atoms with Crippen molar-refractivity contribution in [2.24, 2.45) is 11.8 Å². The van der Waals surface area contributed by atoms with Gasteiger partial charge in [-0.1, -0.05) is 26.2 Å². The summed E-state index contributed by atoms with van der Waals surface area (Å²) >= 11 is 0. The Bertz CT molecular complexity index is 260. The van der Waals surface area contributed by atoms with E-state index in [0.717, 1.165) is 37.8 Å². The Morgan fingerprint density at radius 3 is 2.65 bits per heavy atom. The zero-order valence-corrected chi connectivity index (χ0v) is 11.5. The molecular weight excluding hydrogens is 210 g/mol. The van der Waals surface area contributed by atoms with Crippen molar-refractivity contribution in [3.8, 4) is 0 Å². The second-order valence-corrected chi connectivity index (χ2v) is 6.12. The molecule has 2 rings (SSSR count). The summed E-state index contributed by atoms with van der Waals surface area (Å²) in [5.74, 6) is 1.69. The number of hydrogen-bond donors (Lipinski definition) is 0. The smallest absolute Gasteiger partial charge is 0.137 e. The van der Waals surface area contributed by atoms with Crippen LogP contribution in [0.5, 0.6) is 0 Å². The van der Waals surface area contributed by atoms with Gasteiger partial charge in [-0.2, -0.15) is 0 Å². The van der Waals surface area contributed by atoms with Crippen LogP contribution in [0.15, 0.2) is 0 Å². The maximum Gasteiger partial charge on any atom is 0.137 e. The highest BCUT2D eigenvalue weighted by Gasteiger charge is 2.31. The molecule has 0 amide bonds. The molecule has 0 N–H and O–H groups in total. The van der Waals surface area contributed by atoms with E-state index in [4.69, 9.17) is 0 Å². The normalized spacial score (nSPS) is 30.6. The van der Waals surface area contributed by atoms with Gasteiger partial charge in [0.05, 0.1) is 0 Å². The second kappa shape index (κ2) is 5.99. The fourth-order valence-electron chi connectivity index (χ4n) is 3.37. The maximum absolute atomic E-state index is 12.0. The SMILES string of the molecule is CCCC1CCC(=O)C(CN(C)C2CCC2)C1. The Labute approximate surface area is 106 Å². The van der Waals surface area contributed by atoms with Crippen molar-refractivity contribution >= 4 is 5.78 Å². The van der Waals surface area contributed by atoms with Crippen LogP contribution in [-0.4, -0.2) is 30.3 Å². The Morgan fingerprint density at radius 1 is 1.29 bits per heavy atom. The lowest BCUT2D eigenvalue weighted by Gasteiger charge is -2.38. The number of carbonyl (C=O) groups is 1. The van der Waals surface area contributed by atoms with E-state index in [2.05, 4.69) is 18.9 Å². The van der Waals surface area contributed by atoms with Gasteiger partial charge in [0.1, 0.15) is 5.78 Å². The number of Topliss-reactive ketones (excluding diaryl/α,β-unsaturated/α-hetero) is 1. The fourth-order valence-corrected chi connectivity index (χ4v) is 3.37. The van der Waals surface area contributed by atoms with Gasteiger partial charge < -0.3 is 4.90 Å². The molecule has 2 aliphatic rings. The van der Waals surface area contributed by atoms with E-state index in [0.29, 0.717) is 11.7 Å². The summed E-state index contributed by atoms with van der Waals surface area (Å²) in [6.45, 7) is 3.27. The van der Waals surface area contributed by atoms with Crippen molar-refractivity contribution in [2.75, 3.05) is 13.6 Å². The minimum absolute atomic E-state index is 0.339. The average Bonchev–Trinajstić information content (AvgIpc) is 2.21. The van der Waals surface area contributed by atoms with Crippen LogP contribution in [0.4, 0.5) is 0 Å². The molecule has 2 unspecified atom stereocenters. The summed E-state index contributed by atoms with van der Waals surface area (Å²) in [7, 11) is 2.21. The highest BCUT2D eigenvalue weighted by molar-refractivity contribution is 5.81. The molecule has 0 aromatic carbocycles. The second-order valence-electron chi connectivity index (χ2n) is 6.12. The first-order valence-corrected chi connectivity index (χ1v) is 7.43. The number of ketones is 1. The molecule has 0 aliphatic heterocycles. The third kappa shape index (κ3) is 3.31. The lowest BCUT2D eigenvalue weighted by atomic mass is 9.78. The topological polar surface area (TPSA) is 20.3 Å². The fraction of sp³-hybridized carbons (Fsp3) is 0.933. The largest absolute Gasteiger partial charge is 0.303 e. The van der Waals surface area contributed by atoms with E-state index in [1.165, 1.54) is 32.1 Å². The number of rotatable bonds is 5. The third-order valence-electron chi connectivity index (χ3n) is 4.78. The summed E-state index contributed by atoms with van der Waals surface area (Å²) in [5, 5.41) is 0. The number of nitrogens with zero attached hydrogens (tertiary/aromatic N) is 1. The quantitative estimate of drug-likeness (QED) is 0.731. The minimum Gasteiger partial charge on any atom is -0.303 e. The van der Waals surface area contributed by atoms with Crippen LogP contribution >= 0.6 is 0 Å². The van der Waals surface area contributed by atoms with Gasteiger partial charge in [-0.05, 0) is 38.6 Å². The molecule has 0 saturated heterocycles. The zero-order valence-electron chi connectivity index (χ0n) is 11.5. The van der Waals surface area contributed by atoms with Gasteiger partial charge in [0, 0.05) is 24.9 Å². The van der Waals surface area contributed by atoms with Gasteiger partial charge in [0.25, 0.3) is 0 Å². The third-order valence-corrected chi connectivity index (χ3v) is 4.78. The van der Waals surface area contributed by atoms with Crippen molar-refractivity contribution in [1.29, 1.82) is 0 Å². The predicted octanol–water partition coefficient (Wildman–Crippen LogP) is 3.26. The van der Waals surface area contributed by atoms with E-state index in [1.807, 2.05) is 0 Å². The highest BCUT2D eigenvalue weighted by atomic mass is 16.1. The maximum atomic E-state index is 12.0. The van der Waals surface area contributed by atoms with E-state index in [9.17, 15) is 4.79 Å². The van der Waals surface area contributed by atoms with Crippen molar-refractivity contribution < 1.29 is 4.79 Å². The molecule has 0 aromatic heterocycles. The Balaban J connectivity index is 1.82. The van der Waals surface area contributed by atoms with Gasteiger partial charge in [-0.3, -0.25) is 4.79 Å². The summed E-state index contributed by atoms with van der Waals surface area (Å²) in [4.78, 5) is 14.4. The highest BCUT2D eigenvalue weighted by Crippen LogP contribution is 2.32. The number of hydrogen-bond acceptors (Lipinski definition) is 2. The molecule has 17 heavy (non-hydrogen) atoms. The molecule has 0 aromatic rings. The molecule has 0 radical (unpaired) electrons. The van der Waals surface area contributed by atoms with Crippen LogP contribution in [-0.2, 0) is 4.79 Å². The van der Waals surface area contributed by atoms with Crippen molar-refractivity contribution in [1.82, 2.24) is 4.90 Å². The first kappa shape index (κ1) is 13.1. The Kier molecular flexibility index (Phi) is 4.61. The van der Waals surface area contributed by atoms with E-state index in [1.54, 1.807) is 0 Å². The summed E-state index contributed by atoms with van der Waals surface area (Å²) < 4.78 is 0. The molecule has 98 valence electrons. The summed E-state index contributed by atoms with van der Waals surface area (Å²) in [6.07, 6.45) is 9.80. The van der Waals surface area contributed by atoms with E-state index in [-0.39, 0.29) is 0 Å². The number of carbonyl (C=O) groups excluding carboxylic acids is 1. The zero-order chi connectivity index (χ0) is 12.3. The molecule has 2 aliphatic carbocycles. The molecule has 2 saturated carbocycles. The van der Waals surface area contributed by atoms with Crippen molar-refractivity contribution in [2.45, 2.75) is 64.3 Å². The van der Waals surface area contributed by atoms with Crippen LogP contribution < -0.4 is 0 Å². The first-order valence-electron chi connectivity index (χ1n) is 7.43. The van der Waals surface area contributed by atoms with Crippen LogP contribution in [0.25, 0.3) is 0 Å². The molecule has 0 heterocycles. The average molecular weight is 237 g/mol. The molecule has 0 bridgehead atoms. The predicted molar refractivity (Wildman–Crippen MR) is 71.0 cm³/mol. The molecule has 0 spiro atoms. The van der Waals surface area contributed by atoms with Crippen molar-refractivity contribution in [3.05, 3.63) is 0 Å². The lowest BCUT2D eigenvalue weighted by molar-refractivity contribution is -0.126. The van der Waals surface area contributed by atoms with Crippen LogP contribution in [0.1, 0.15) is 58.3 Å². The molecule has 2 nitrogen and oxygen atoms in total. The molecule has 2 fully saturated rings. The van der Waals surface area contributed by atoms with E-state index >= 15 is 0 Å². The van der Waals surface area contributed by atoms with Crippen LogP contribution in [0.3, 0.4) is 0 Å². The Morgan fingerprint density at radius 2 is 2.06 bits per heavy atom. The van der Waals surface area contributed by atoms with Crippen LogP contribution in [0, 0.1) is 11.8 Å². The van der Waals surface area contributed by atoms with Gasteiger partial charge in [-0.15, -0.1) is 0 Å². The van der Waals surface area contributed by atoms with Gasteiger partial charge in [-0.25, -0.2) is 0 Å². The van der Waals surface area contributed by atoms with Crippen LogP contribution in [0.2, 0.25) is 0 Å². The van der Waals surface area contributed by atoms with Gasteiger partial charge >= 0.3 is 0 Å². The molecule has 2 heteroatoms. The lowest BCUT2D eigenvalue weighted by Crippen LogP contribution is -2.43. The molecule has 2 atom stereocenters. The van der Waals surface area contributed by atoms with Gasteiger partial charge in [0.15, 0.2) is 0 Å². The van der Waals surface area contributed by atoms with Gasteiger partial charge in [0.2, 0.25) is 0 Å². The Hall–Kier alpha value is -0.370. The minimum atomic E-state index is 0.339. The standard InChI is InChI=1S/C15H27NO/c1-3-5-12-8-9-15(17)13(10-12)11-16(2)14-6-4-7-14/h12-14H,3-11H2,1-2H3. The summed E-state index contributed by atoms with van der Waals surface area (Å²) in [5.41, 5.74) is 0. The monoisotopic (exact) mass is 237 g/mol. The van der Waals surface area contributed by atoms with E-state index < -0.39 is 0 Å².